The molecule has 0 N–H and O–H groups in total. The Labute approximate surface area is 87.1 Å². The van der Waals surface area contributed by atoms with Crippen LogP contribution in [0.25, 0.3) is 0 Å². The van der Waals surface area contributed by atoms with Gasteiger partial charge in [-0.1, -0.05) is 0 Å². The van der Waals surface area contributed by atoms with Crippen molar-refractivity contribution in [1.29, 1.82) is 0 Å². The Morgan fingerprint density at radius 2 is 2.46 bits per heavy atom. The Morgan fingerprint density at radius 1 is 1.54 bits per heavy atom. The van der Waals surface area contributed by atoms with E-state index in [0.717, 1.165) is 10.0 Å². The summed E-state index contributed by atoms with van der Waals surface area (Å²) in [6, 6.07) is 0. The lowest BCUT2D eigenvalue weighted by Crippen LogP contribution is -1.89. The van der Waals surface area contributed by atoms with Crippen LogP contribution < -0.4 is 0 Å². The van der Waals surface area contributed by atoms with E-state index < -0.39 is 0 Å². The summed E-state index contributed by atoms with van der Waals surface area (Å²) >= 11 is 5.02. The third kappa shape index (κ3) is 2.02. The van der Waals surface area contributed by atoms with Crippen LogP contribution in [0.1, 0.15) is 5.56 Å². The van der Waals surface area contributed by atoms with Crippen LogP contribution in [0.5, 0.6) is 0 Å². The smallest absolute Gasteiger partial charge is 0.139 e. The van der Waals surface area contributed by atoms with Gasteiger partial charge < -0.3 is 0 Å². The molecule has 6 heteroatoms. The lowest BCUT2D eigenvalue weighted by atomic mass is 10.4. The van der Waals surface area contributed by atoms with Gasteiger partial charge in [0.2, 0.25) is 0 Å². The molecule has 0 saturated heterocycles. The molecule has 0 spiro atoms. The third-order valence-electron chi connectivity index (χ3n) is 1.36. The van der Waals surface area contributed by atoms with E-state index in [4.69, 9.17) is 0 Å². The van der Waals surface area contributed by atoms with Crippen LogP contribution in [0, 0.1) is 0 Å². The zero-order valence-corrected chi connectivity index (χ0v) is 8.86. The maximum absolute atomic E-state index is 4.06. The summed E-state index contributed by atoms with van der Waals surface area (Å²) in [7, 11) is 0. The minimum atomic E-state index is 1.04. The van der Waals surface area contributed by atoms with Gasteiger partial charge in [-0.2, -0.15) is 16.4 Å². The first kappa shape index (κ1) is 8.58. The molecule has 0 unspecified atom stereocenters. The predicted molar refractivity (Wildman–Crippen MR) is 55.0 cm³/mol. The van der Waals surface area contributed by atoms with Gasteiger partial charge in [0.1, 0.15) is 12.7 Å². The molecule has 0 amide bonds. The molecule has 0 aliphatic heterocycles. The molecule has 13 heavy (non-hydrogen) atoms. The zero-order valence-electron chi connectivity index (χ0n) is 6.46. The van der Waals surface area contributed by atoms with Crippen molar-refractivity contribution in [1.82, 2.24) is 14.9 Å². The number of hydrogen-bond donors (Lipinski definition) is 0. The van der Waals surface area contributed by atoms with Crippen molar-refractivity contribution in [2.75, 3.05) is 0 Å². The van der Waals surface area contributed by atoms with Gasteiger partial charge in [0, 0.05) is 20.8 Å². The molecule has 0 aliphatic carbocycles. The molecular weight excluding hydrogens is 252 g/mol. The van der Waals surface area contributed by atoms with Gasteiger partial charge in [0.15, 0.2) is 0 Å². The standard InChI is InChI=1S/C7H5BrN4S/c8-7-3-13-2-6(7)1-10-12-5-9-4-11-12/h1-5H/b10-1+. The van der Waals surface area contributed by atoms with Crippen molar-refractivity contribution in [3.63, 3.8) is 0 Å². The maximum Gasteiger partial charge on any atom is 0.139 e. The van der Waals surface area contributed by atoms with Crippen LogP contribution in [0.3, 0.4) is 0 Å². The Bertz CT molecular complexity index is 406. The Morgan fingerprint density at radius 3 is 3.08 bits per heavy atom. The van der Waals surface area contributed by atoms with E-state index in [0.29, 0.717) is 0 Å². The summed E-state index contributed by atoms with van der Waals surface area (Å²) in [6.45, 7) is 0. The third-order valence-corrected chi connectivity index (χ3v) is 3.12. The fraction of sp³-hybridized carbons (Fsp3) is 0. The molecule has 0 atom stereocenters. The average molecular weight is 257 g/mol. The highest BCUT2D eigenvalue weighted by molar-refractivity contribution is 9.10. The highest BCUT2D eigenvalue weighted by Crippen LogP contribution is 2.19. The fourth-order valence-electron chi connectivity index (χ4n) is 0.766. The first-order chi connectivity index (χ1) is 6.36. The van der Waals surface area contributed by atoms with Gasteiger partial charge in [-0.3, -0.25) is 0 Å². The maximum atomic E-state index is 4.06. The van der Waals surface area contributed by atoms with E-state index in [-0.39, 0.29) is 0 Å². The van der Waals surface area contributed by atoms with E-state index in [1.54, 1.807) is 17.6 Å². The van der Waals surface area contributed by atoms with E-state index in [1.165, 1.54) is 17.4 Å². The lowest BCUT2D eigenvalue weighted by molar-refractivity contribution is 0.743. The van der Waals surface area contributed by atoms with Gasteiger partial charge in [-0.15, -0.1) is 9.89 Å². The predicted octanol–water partition coefficient (Wildman–Crippen LogP) is 1.98. The molecule has 4 nitrogen and oxygen atoms in total. The number of halogens is 1. The molecule has 66 valence electrons. The summed E-state index contributed by atoms with van der Waals surface area (Å²) in [5.41, 5.74) is 1.04. The van der Waals surface area contributed by atoms with Crippen LogP contribution in [0.15, 0.2) is 33.0 Å². The zero-order chi connectivity index (χ0) is 9.10. The van der Waals surface area contributed by atoms with Crippen molar-refractivity contribution in [2.24, 2.45) is 5.10 Å². The van der Waals surface area contributed by atoms with Crippen LogP contribution in [-0.2, 0) is 0 Å². The SMILES string of the molecule is Brc1cscc1/C=N/n1cncn1. The second-order valence-electron chi connectivity index (χ2n) is 2.24. The normalized spacial score (nSPS) is 11.2. The monoisotopic (exact) mass is 256 g/mol. The van der Waals surface area contributed by atoms with Crippen molar-refractivity contribution in [3.8, 4) is 0 Å². The topological polar surface area (TPSA) is 43.1 Å². The lowest BCUT2D eigenvalue weighted by Gasteiger charge is -1.88. The molecule has 0 aliphatic rings. The molecule has 0 fully saturated rings. The second-order valence-corrected chi connectivity index (χ2v) is 3.83. The Hall–Kier alpha value is -1.01. The highest BCUT2D eigenvalue weighted by Gasteiger charge is 1.95. The van der Waals surface area contributed by atoms with Gasteiger partial charge in [-0.05, 0) is 15.9 Å². The van der Waals surface area contributed by atoms with Crippen LogP contribution in [-0.4, -0.2) is 21.1 Å². The molecule has 2 heterocycles. The summed E-state index contributed by atoms with van der Waals surface area (Å²) < 4.78 is 1.04. The van der Waals surface area contributed by atoms with Crippen molar-refractivity contribution in [2.45, 2.75) is 0 Å². The molecular formula is C7H5BrN4S. The minimum absolute atomic E-state index is 1.04. The first-order valence-corrected chi connectivity index (χ1v) is 5.20. The Balaban J connectivity index is 2.19. The van der Waals surface area contributed by atoms with Crippen LogP contribution in [0.2, 0.25) is 0 Å². The van der Waals surface area contributed by atoms with Crippen LogP contribution in [0.4, 0.5) is 0 Å². The van der Waals surface area contributed by atoms with E-state index in [1.807, 2.05) is 10.8 Å². The van der Waals surface area contributed by atoms with Crippen molar-refractivity contribution < 1.29 is 0 Å². The Kier molecular flexibility index (Phi) is 2.51. The fourth-order valence-corrected chi connectivity index (χ4v) is 2.12. The quantitative estimate of drug-likeness (QED) is 0.772. The van der Waals surface area contributed by atoms with Gasteiger partial charge in [0.25, 0.3) is 0 Å². The number of aromatic nitrogens is 3. The minimum Gasteiger partial charge on any atom is -0.221 e. The highest BCUT2D eigenvalue weighted by atomic mass is 79.9. The summed E-state index contributed by atoms with van der Waals surface area (Å²) in [6.07, 6.45) is 4.71. The van der Waals surface area contributed by atoms with E-state index in [9.17, 15) is 0 Å². The summed E-state index contributed by atoms with van der Waals surface area (Å²) in [5, 5.41) is 11.9. The number of rotatable bonds is 2. The van der Waals surface area contributed by atoms with E-state index in [2.05, 4.69) is 31.1 Å². The summed E-state index contributed by atoms with van der Waals surface area (Å²) in [4.78, 5) is 5.18. The first-order valence-electron chi connectivity index (χ1n) is 3.47. The molecule has 0 aromatic carbocycles. The molecule has 2 rings (SSSR count). The molecule has 0 saturated carbocycles. The van der Waals surface area contributed by atoms with Crippen LogP contribution >= 0.6 is 27.3 Å². The van der Waals surface area contributed by atoms with Crippen molar-refractivity contribution >= 4 is 33.5 Å². The number of thiophene rings is 1. The van der Waals surface area contributed by atoms with Gasteiger partial charge in [-0.25, -0.2) is 4.98 Å². The molecule has 0 radical (unpaired) electrons. The number of nitrogens with zero attached hydrogens (tertiary/aromatic N) is 4. The molecule has 0 bridgehead atoms. The van der Waals surface area contributed by atoms with E-state index >= 15 is 0 Å². The summed E-state index contributed by atoms with van der Waals surface area (Å²) in [5.74, 6) is 0. The largest absolute Gasteiger partial charge is 0.221 e. The molecule has 2 aromatic heterocycles. The average Bonchev–Trinajstić information content (AvgIpc) is 2.72. The molecule has 2 aromatic rings. The van der Waals surface area contributed by atoms with Gasteiger partial charge in [0.05, 0.1) is 6.21 Å². The second kappa shape index (κ2) is 3.80. The number of hydrogen-bond acceptors (Lipinski definition) is 4. The van der Waals surface area contributed by atoms with Crippen molar-refractivity contribution in [3.05, 3.63) is 33.5 Å². The van der Waals surface area contributed by atoms with Gasteiger partial charge >= 0.3 is 0 Å².